The normalized spacial score (nSPS) is 18.4. The summed E-state index contributed by atoms with van der Waals surface area (Å²) in [5, 5.41) is 8.75. The van der Waals surface area contributed by atoms with Crippen LogP contribution in [0.4, 0.5) is 16.4 Å². The Morgan fingerprint density at radius 1 is 1.19 bits per heavy atom. The van der Waals surface area contributed by atoms with Crippen molar-refractivity contribution in [2.45, 2.75) is 64.8 Å². The van der Waals surface area contributed by atoms with E-state index in [4.69, 9.17) is 14.5 Å². The summed E-state index contributed by atoms with van der Waals surface area (Å²) >= 11 is 0. The minimum absolute atomic E-state index is 0.00653. The first-order valence-corrected chi connectivity index (χ1v) is 12.5. The Kier molecular flexibility index (Phi) is 6.46. The van der Waals surface area contributed by atoms with E-state index in [2.05, 4.69) is 39.5 Å². The fraction of sp³-hybridized carbons (Fsp3) is 0.538. The molecule has 5 rings (SSSR count). The Morgan fingerprint density at radius 3 is 2.81 bits per heavy atom. The Labute approximate surface area is 211 Å². The predicted octanol–water partition coefficient (Wildman–Crippen LogP) is 3.97. The van der Waals surface area contributed by atoms with E-state index in [1.165, 1.54) is 11.1 Å². The van der Waals surface area contributed by atoms with E-state index in [-0.39, 0.29) is 12.1 Å². The zero-order chi connectivity index (χ0) is 25.4. The first-order valence-electron chi connectivity index (χ1n) is 12.5. The number of likely N-dealkylation sites (N-methyl/N-ethyl adjacent to an activating group) is 1. The molecule has 2 aliphatic heterocycles. The molecule has 1 fully saturated rings. The summed E-state index contributed by atoms with van der Waals surface area (Å²) in [5.41, 5.74) is 3.63. The number of hydrogen-bond donors (Lipinski definition) is 1. The summed E-state index contributed by atoms with van der Waals surface area (Å²) in [7, 11) is 3.81. The molecule has 1 N–H and O–H groups in total. The van der Waals surface area contributed by atoms with Crippen molar-refractivity contribution in [2.75, 3.05) is 32.6 Å². The van der Waals surface area contributed by atoms with E-state index in [0.717, 1.165) is 54.8 Å². The Bertz CT molecular complexity index is 1270. The molecule has 36 heavy (non-hydrogen) atoms. The molecule has 0 saturated carbocycles. The molecule has 1 aromatic carbocycles. The van der Waals surface area contributed by atoms with Gasteiger partial charge in [-0.2, -0.15) is 10.1 Å². The maximum atomic E-state index is 12.7. The molecule has 0 spiro atoms. The van der Waals surface area contributed by atoms with E-state index < -0.39 is 5.60 Å². The standard InChI is InChI=1S/C26H35N7O3/c1-26(2,3)36-25(34)32-9-6-7-20(32)16-33-23-19(14-28-33)13-27-24(30-23)29-21-11-18-15-31(4)10-8-17(18)12-22(21)35-5/h11-14,20H,6-10,15-16H2,1-5H3,(H,27,29,30)/t20-/m1/s1. The maximum Gasteiger partial charge on any atom is 0.410 e. The van der Waals surface area contributed by atoms with Crippen LogP contribution in [-0.4, -0.2) is 74.5 Å². The van der Waals surface area contributed by atoms with Crippen molar-refractivity contribution in [3.63, 3.8) is 0 Å². The molecule has 0 radical (unpaired) electrons. The lowest BCUT2D eigenvalue weighted by atomic mass is 9.99. The number of carbonyl (C=O) groups is 1. The Hall–Kier alpha value is -3.40. The highest BCUT2D eigenvalue weighted by Crippen LogP contribution is 2.33. The number of anilines is 2. The summed E-state index contributed by atoms with van der Waals surface area (Å²) < 4.78 is 13.1. The lowest BCUT2D eigenvalue weighted by molar-refractivity contribution is 0.0212. The monoisotopic (exact) mass is 493 g/mol. The van der Waals surface area contributed by atoms with Crippen LogP contribution >= 0.6 is 0 Å². The lowest BCUT2D eigenvalue weighted by Gasteiger charge is -2.28. The lowest BCUT2D eigenvalue weighted by Crippen LogP contribution is -2.41. The van der Waals surface area contributed by atoms with Gasteiger partial charge in [-0.25, -0.2) is 14.5 Å². The van der Waals surface area contributed by atoms with Gasteiger partial charge in [-0.05, 0) is 70.3 Å². The fourth-order valence-corrected chi connectivity index (χ4v) is 4.96. The number of rotatable bonds is 5. The second kappa shape index (κ2) is 9.57. The van der Waals surface area contributed by atoms with Crippen LogP contribution in [0.1, 0.15) is 44.7 Å². The molecular formula is C26H35N7O3. The Balaban J connectivity index is 1.38. The first kappa shape index (κ1) is 24.3. The van der Waals surface area contributed by atoms with Gasteiger partial charge in [0.2, 0.25) is 5.95 Å². The van der Waals surface area contributed by atoms with Gasteiger partial charge in [-0.3, -0.25) is 0 Å². The molecule has 1 atom stereocenters. The molecule has 3 aromatic rings. The summed E-state index contributed by atoms with van der Waals surface area (Å²) in [4.78, 5) is 26.1. The summed E-state index contributed by atoms with van der Waals surface area (Å²) in [6.45, 7) is 8.84. The second-order valence-electron chi connectivity index (χ2n) is 10.7. The van der Waals surface area contributed by atoms with Crippen LogP contribution < -0.4 is 10.1 Å². The van der Waals surface area contributed by atoms with Crippen molar-refractivity contribution < 1.29 is 14.3 Å². The molecule has 0 unspecified atom stereocenters. The van der Waals surface area contributed by atoms with Crippen molar-refractivity contribution in [3.8, 4) is 5.75 Å². The number of benzene rings is 1. The van der Waals surface area contributed by atoms with Crippen molar-refractivity contribution in [2.24, 2.45) is 0 Å². The third-order valence-corrected chi connectivity index (χ3v) is 6.74. The summed E-state index contributed by atoms with van der Waals surface area (Å²) in [6, 6.07) is 4.25. The van der Waals surface area contributed by atoms with Gasteiger partial charge in [0.15, 0.2) is 5.65 Å². The van der Waals surface area contributed by atoms with Gasteiger partial charge >= 0.3 is 6.09 Å². The zero-order valence-electron chi connectivity index (χ0n) is 21.7. The molecule has 0 aliphatic carbocycles. The van der Waals surface area contributed by atoms with E-state index in [9.17, 15) is 4.79 Å². The van der Waals surface area contributed by atoms with Crippen LogP contribution in [0.25, 0.3) is 11.0 Å². The van der Waals surface area contributed by atoms with Crippen molar-refractivity contribution in [1.29, 1.82) is 0 Å². The van der Waals surface area contributed by atoms with Crippen molar-refractivity contribution in [1.82, 2.24) is 29.5 Å². The van der Waals surface area contributed by atoms with Crippen molar-refractivity contribution >= 4 is 28.8 Å². The largest absolute Gasteiger partial charge is 0.495 e. The highest BCUT2D eigenvalue weighted by molar-refractivity contribution is 5.76. The zero-order valence-corrected chi connectivity index (χ0v) is 21.7. The van der Waals surface area contributed by atoms with E-state index in [0.29, 0.717) is 19.0 Å². The summed E-state index contributed by atoms with van der Waals surface area (Å²) in [5.74, 6) is 1.25. The molecule has 10 heteroatoms. The third kappa shape index (κ3) is 5.09. The molecule has 192 valence electrons. The molecule has 2 aromatic heterocycles. The average Bonchev–Trinajstić information content (AvgIpc) is 3.45. The number of likely N-dealkylation sites (tertiary alicyclic amines) is 1. The highest BCUT2D eigenvalue weighted by atomic mass is 16.6. The van der Waals surface area contributed by atoms with Gasteiger partial charge in [0.05, 0.1) is 37.0 Å². The number of hydrogen-bond acceptors (Lipinski definition) is 8. The molecule has 2 aliphatic rings. The number of fused-ring (bicyclic) bond motifs is 2. The smallest absolute Gasteiger partial charge is 0.410 e. The van der Waals surface area contributed by atoms with E-state index >= 15 is 0 Å². The van der Waals surface area contributed by atoms with Gasteiger partial charge in [-0.15, -0.1) is 0 Å². The highest BCUT2D eigenvalue weighted by Gasteiger charge is 2.33. The molecular weight excluding hydrogens is 458 g/mol. The maximum absolute atomic E-state index is 12.7. The molecule has 1 amide bonds. The van der Waals surface area contributed by atoms with Crippen LogP contribution in [0.5, 0.6) is 5.75 Å². The summed E-state index contributed by atoms with van der Waals surface area (Å²) in [6.07, 6.45) is 6.11. The average molecular weight is 494 g/mol. The van der Waals surface area contributed by atoms with Crippen LogP contribution in [-0.2, 0) is 24.2 Å². The molecule has 1 saturated heterocycles. The number of amides is 1. The third-order valence-electron chi connectivity index (χ3n) is 6.74. The van der Waals surface area contributed by atoms with Crippen molar-refractivity contribution in [3.05, 3.63) is 35.7 Å². The number of methoxy groups -OCH3 is 1. The second-order valence-corrected chi connectivity index (χ2v) is 10.7. The number of carbonyl (C=O) groups excluding carboxylic acids is 1. The SMILES string of the molecule is COc1cc2c(cc1Nc1ncc3cnn(C[C@H]4CCCN4C(=O)OC(C)(C)C)c3n1)CN(C)CC2. The minimum atomic E-state index is -0.524. The van der Waals surface area contributed by atoms with Crippen LogP contribution in [0.15, 0.2) is 24.5 Å². The van der Waals surface area contributed by atoms with Gasteiger partial charge in [0, 0.05) is 25.8 Å². The topological polar surface area (TPSA) is 97.6 Å². The van der Waals surface area contributed by atoms with Gasteiger partial charge < -0.3 is 24.6 Å². The molecule has 4 heterocycles. The first-order chi connectivity index (χ1) is 17.2. The predicted molar refractivity (Wildman–Crippen MR) is 138 cm³/mol. The number of nitrogens with zero attached hydrogens (tertiary/aromatic N) is 6. The fourth-order valence-electron chi connectivity index (χ4n) is 4.96. The van der Waals surface area contributed by atoms with Crippen LogP contribution in [0.2, 0.25) is 0 Å². The molecule has 10 nitrogen and oxygen atoms in total. The quantitative estimate of drug-likeness (QED) is 0.570. The number of aromatic nitrogens is 4. The van der Waals surface area contributed by atoms with E-state index in [1.54, 1.807) is 19.5 Å². The van der Waals surface area contributed by atoms with Crippen LogP contribution in [0.3, 0.4) is 0 Å². The van der Waals surface area contributed by atoms with E-state index in [1.807, 2.05) is 30.4 Å². The number of ether oxygens (including phenoxy) is 2. The van der Waals surface area contributed by atoms with Gasteiger partial charge in [-0.1, -0.05) is 0 Å². The Morgan fingerprint density at radius 2 is 2.03 bits per heavy atom. The minimum Gasteiger partial charge on any atom is -0.495 e. The molecule has 0 bridgehead atoms. The van der Waals surface area contributed by atoms with Gasteiger partial charge in [0.1, 0.15) is 11.4 Å². The number of nitrogens with one attached hydrogen (secondary N) is 1. The van der Waals surface area contributed by atoms with Gasteiger partial charge in [0.25, 0.3) is 0 Å². The van der Waals surface area contributed by atoms with Crippen LogP contribution in [0, 0.1) is 0 Å².